The van der Waals surface area contributed by atoms with Crippen LogP contribution >= 0.6 is 0 Å². The highest BCUT2D eigenvalue weighted by Gasteiger charge is 2.55. The lowest BCUT2D eigenvalue weighted by molar-refractivity contribution is -0.128. The fourth-order valence-corrected chi connectivity index (χ4v) is 6.38. The molecule has 5 rings (SSSR count). The number of aliphatic hydroxyl groups excluding tert-OH is 1. The van der Waals surface area contributed by atoms with Crippen molar-refractivity contribution >= 4 is 5.91 Å². The van der Waals surface area contributed by atoms with Crippen molar-refractivity contribution in [1.29, 1.82) is 0 Å². The normalized spacial score (nSPS) is 28.4. The Hall–Kier alpha value is -2.44. The van der Waals surface area contributed by atoms with Crippen molar-refractivity contribution in [3.63, 3.8) is 0 Å². The second-order valence-corrected chi connectivity index (χ2v) is 9.79. The topological polar surface area (TPSA) is 74.6 Å². The highest BCUT2D eigenvalue weighted by atomic mass is 16.3. The Bertz CT molecular complexity index is 1010. The maximum absolute atomic E-state index is 13.7. The number of aliphatic hydroxyl groups is 1. The van der Waals surface area contributed by atoms with Crippen LogP contribution in [0, 0.1) is 17.8 Å². The van der Waals surface area contributed by atoms with Gasteiger partial charge in [-0.25, -0.2) is 0 Å². The van der Waals surface area contributed by atoms with E-state index >= 15 is 0 Å². The number of aromatic nitrogens is 1. The molecule has 3 heterocycles. The Morgan fingerprint density at radius 3 is 2.59 bits per heavy atom. The third kappa shape index (κ3) is 3.69. The molecule has 170 valence electrons. The van der Waals surface area contributed by atoms with E-state index in [1.165, 1.54) is 25.7 Å². The molecule has 3 aliphatic rings. The molecular formula is C26H33N3O3. The van der Waals surface area contributed by atoms with Crippen LogP contribution in [0.15, 0.2) is 53.3 Å². The second kappa shape index (κ2) is 8.83. The number of hydrogen-bond acceptors (Lipinski definition) is 4. The molecule has 32 heavy (non-hydrogen) atoms. The van der Waals surface area contributed by atoms with Crippen molar-refractivity contribution in [2.45, 2.75) is 57.3 Å². The summed E-state index contributed by atoms with van der Waals surface area (Å²) in [6, 6.07) is 14.9. The Morgan fingerprint density at radius 1 is 1.12 bits per heavy atom. The molecule has 1 saturated carbocycles. The summed E-state index contributed by atoms with van der Waals surface area (Å²) in [5.74, 6) is 0.431. The van der Waals surface area contributed by atoms with Gasteiger partial charge in [-0.15, -0.1) is 0 Å². The first-order chi connectivity index (χ1) is 15.6. The molecule has 1 aromatic carbocycles. The van der Waals surface area contributed by atoms with Crippen molar-refractivity contribution < 1.29 is 9.90 Å². The minimum absolute atomic E-state index is 0.00410. The number of nitrogens with one attached hydrogen (secondary N) is 1. The third-order valence-electron chi connectivity index (χ3n) is 7.94. The maximum Gasteiger partial charge on any atom is 0.250 e. The molecule has 1 aliphatic carbocycles. The summed E-state index contributed by atoms with van der Waals surface area (Å²) in [5.41, 5.74) is 2.07. The molecule has 2 aromatic rings. The van der Waals surface area contributed by atoms with Crippen LogP contribution < -0.4 is 10.9 Å². The number of carbonyl (C=O) groups is 1. The zero-order chi connectivity index (χ0) is 22.2. The third-order valence-corrected chi connectivity index (χ3v) is 7.94. The van der Waals surface area contributed by atoms with Gasteiger partial charge >= 0.3 is 0 Å². The zero-order valence-corrected chi connectivity index (χ0v) is 18.7. The van der Waals surface area contributed by atoms with Gasteiger partial charge in [0.1, 0.15) is 0 Å². The van der Waals surface area contributed by atoms with Gasteiger partial charge in [-0.3, -0.25) is 14.5 Å². The summed E-state index contributed by atoms with van der Waals surface area (Å²) < 4.78 is 1.85. The quantitative estimate of drug-likeness (QED) is 0.732. The van der Waals surface area contributed by atoms with Gasteiger partial charge in [0.15, 0.2) is 0 Å². The van der Waals surface area contributed by atoms with Crippen molar-refractivity contribution in [3.8, 4) is 0 Å². The number of benzene rings is 1. The van der Waals surface area contributed by atoms with Crippen molar-refractivity contribution in [2.24, 2.45) is 17.8 Å². The lowest BCUT2D eigenvalue weighted by atomic mass is 9.88. The molecule has 1 amide bonds. The van der Waals surface area contributed by atoms with E-state index in [4.69, 9.17) is 0 Å². The second-order valence-electron chi connectivity index (χ2n) is 9.79. The molecular weight excluding hydrogens is 402 g/mol. The van der Waals surface area contributed by atoms with E-state index in [2.05, 4.69) is 10.2 Å². The van der Waals surface area contributed by atoms with Gasteiger partial charge < -0.3 is 15.0 Å². The van der Waals surface area contributed by atoms with Crippen LogP contribution in [-0.2, 0) is 11.3 Å². The van der Waals surface area contributed by atoms with E-state index in [9.17, 15) is 14.7 Å². The standard InChI is InChI=1S/C26H33N3O3/c1-17(19-10-3-2-4-11-19)27-26(32)25-21(16-30)20-15-28-22(12-7-13-23(28)31)24(20)29(25)14-18-8-5-6-9-18/h2-4,7,10-13,17-18,20-21,24-25,30H,5-6,8-9,14-16H2,1H3,(H,27,32)/t17-,20-,21-,24+,25-/m0/s1. The van der Waals surface area contributed by atoms with Crippen molar-refractivity contribution in [3.05, 3.63) is 70.1 Å². The molecule has 0 spiro atoms. The number of hydrogen-bond donors (Lipinski definition) is 2. The van der Waals surface area contributed by atoms with Gasteiger partial charge in [0.2, 0.25) is 5.91 Å². The van der Waals surface area contributed by atoms with E-state index in [0.29, 0.717) is 12.5 Å². The smallest absolute Gasteiger partial charge is 0.250 e. The number of fused-ring (bicyclic) bond motifs is 3. The summed E-state index contributed by atoms with van der Waals surface area (Å²) >= 11 is 0. The zero-order valence-electron chi connectivity index (χ0n) is 18.7. The average molecular weight is 436 g/mol. The van der Waals surface area contributed by atoms with Gasteiger partial charge in [-0.1, -0.05) is 49.2 Å². The highest BCUT2D eigenvalue weighted by molar-refractivity contribution is 5.83. The number of nitrogens with zero attached hydrogens (tertiary/aromatic N) is 2. The monoisotopic (exact) mass is 435 g/mol. The van der Waals surface area contributed by atoms with E-state index < -0.39 is 0 Å². The molecule has 2 N–H and O–H groups in total. The minimum atomic E-state index is -0.383. The lowest BCUT2D eigenvalue weighted by Gasteiger charge is -2.33. The molecule has 6 nitrogen and oxygen atoms in total. The van der Waals surface area contributed by atoms with Crippen LogP contribution in [0.5, 0.6) is 0 Å². The number of rotatable bonds is 6. The molecule has 5 atom stereocenters. The Kier molecular flexibility index (Phi) is 5.91. The lowest BCUT2D eigenvalue weighted by Crippen LogP contribution is -2.49. The molecule has 2 fully saturated rings. The predicted molar refractivity (Wildman–Crippen MR) is 123 cm³/mol. The van der Waals surface area contributed by atoms with Crippen LogP contribution in [0.3, 0.4) is 0 Å². The fourth-order valence-electron chi connectivity index (χ4n) is 6.38. The van der Waals surface area contributed by atoms with Gasteiger partial charge in [-0.05, 0) is 37.3 Å². The van der Waals surface area contributed by atoms with Gasteiger partial charge in [0, 0.05) is 43.3 Å². The van der Waals surface area contributed by atoms with Gasteiger partial charge in [-0.2, -0.15) is 0 Å². The molecule has 6 heteroatoms. The van der Waals surface area contributed by atoms with E-state index in [-0.39, 0.29) is 48.0 Å². The van der Waals surface area contributed by atoms with Crippen LogP contribution in [0.1, 0.15) is 55.9 Å². The van der Waals surface area contributed by atoms with E-state index in [1.807, 2.05) is 54.0 Å². The first-order valence-electron chi connectivity index (χ1n) is 12.0. The van der Waals surface area contributed by atoms with Gasteiger partial charge in [0.25, 0.3) is 5.56 Å². The van der Waals surface area contributed by atoms with Crippen LogP contribution in [-0.4, -0.2) is 39.7 Å². The molecule has 0 unspecified atom stereocenters. The van der Waals surface area contributed by atoms with Crippen molar-refractivity contribution in [1.82, 2.24) is 14.8 Å². The summed E-state index contributed by atoms with van der Waals surface area (Å²) in [6.07, 6.45) is 4.87. The predicted octanol–water partition coefficient (Wildman–Crippen LogP) is 2.88. The molecule has 2 aliphatic heterocycles. The van der Waals surface area contributed by atoms with Gasteiger partial charge in [0.05, 0.1) is 18.1 Å². The molecule has 1 aromatic heterocycles. The summed E-state index contributed by atoms with van der Waals surface area (Å²) in [5, 5.41) is 13.6. The number of carbonyl (C=O) groups excluding carboxylic acids is 1. The van der Waals surface area contributed by atoms with Crippen molar-refractivity contribution in [2.75, 3.05) is 13.2 Å². The van der Waals surface area contributed by atoms with Crippen LogP contribution in [0.2, 0.25) is 0 Å². The molecule has 0 radical (unpaired) electrons. The highest BCUT2D eigenvalue weighted by Crippen LogP contribution is 2.50. The minimum Gasteiger partial charge on any atom is -0.396 e. The van der Waals surface area contributed by atoms with E-state index in [1.54, 1.807) is 6.07 Å². The summed E-state index contributed by atoms with van der Waals surface area (Å²) in [7, 11) is 0. The number of amides is 1. The van der Waals surface area contributed by atoms with Crippen LogP contribution in [0.4, 0.5) is 0 Å². The average Bonchev–Trinajstić information content (AvgIpc) is 3.51. The largest absolute Gasteiger partial charge is 0.396 e. The first kappa shape index (κ1) is 21.4. The Morgan fingerprint density at radius 2 is 1.88 bits per heavy atom. The molecule has 1 saturated heterocycles. The van der Waals surface area contributed by atoms with E-state index in [0.717, 1.165) is 17.8 Å². The first-order valence-corrected chi connectivity index (χ1v) is 12.0. The number of likely N-dealkylation sites (tertiary alicyclic amines) is 1. The Labute approximate surface area is 189 Å². The number of pyridine rings is 1. The summed E-state index contributed by atoms with van der Waals surface area (Å²) in [4.78, 5) is 28.5. The fraction of sp³-hybridized carbons (Fsp3) is 0.538. The maximum atomic E-state index is 13.7. The molecule has 0 bridgehead atoms. The summed E-state index contributed by atoms with van der Waals surface area (Å²) in [6.45, 7) is 3.37. The Balaban J connectivity index is 1.47. The SMILES string of the molecule is C[C@H](NC(=O)[C@@H]1[C@@H](CO)[C@@H]2Cn3c(cccc3=O)[C@@H]2N1CC1CCCC1)c1ccccc1. The van der Waals surface area contributed by atoms with Crippen LogP contribution in [0.25, 0.3) is 0 Å².